The van der Waals surface area contributed by atoms with E-state index in [1.807, 2.05) is 0 Å². The van der Waals surface area contributed by atoms with E-state index in [2.05, 4.69) is 23.9 Å². The van der Waals surface area contributed by atoms with Gasteiger partial charge < -0.3 is 14.9 Å². The largest absolute Gasteiger partial charge is 0.396 e. The van der Waals surface area contributed by atoms with Crippen molar-refractivity contribution in [2.24, 2.45) is 11.3 Å². The van der Waals surface area contributed by atoms with Crippen molar-refractivity contribution in [3.05, 3.63) is 0 Å². The molecule has 1 aliphatic heterocycles. The Balaban J connectivity index is 1.82. The predicted octanol–water partition coefficient (Wildman–Crippen LogP) is 2.20. The Labute approximate surface area is 119 Å². The van der Waals surface area contributed by atoms with Gasteiger partial charge in [-0.1, -0.05) is 25.7 Å². The second-order valence-electron chi connectivity index (χ2n) is 7.19. The van der Waals surface area contributed by atoms with Gasteiger partial charge in [-0.25, -0.2) is 0 Å². The summed E-state index contributed by atoms with van der Waals surface area (Å²) in [4.78, 5) is 4.93. The number of rotatable bonds is 5. The van der Waals surface area contributed by atoms with Crippen LogP contribution in [0.1, 0.15) is 44.9 Å². The number of hydrogen-bond donors (Lipinski definition) is 1. The molecule has 0 aromatic heterocycles. The first-order valence-electron chi connectivity index (χ1n) is 8.11. The van der Waals surface area contributed by atoms with Crippen LogP contribution in [0.5, 0.6) is 0 Å². The van der Waals surface area contributed by atoms with Gasteiger partial charge in [0.15, 0.2) is 0 Å². The molecule has 2 rings (SSSR count). The molecule has 1 atom stereocenters. The fourth-order valence-corrected chi connectivity index (χ4v) is 4.10. The fraction of sp³-hybridized carbons (Fsp3) is 1.00. The number of nitrogens with zero attached hydrogens (tertiary/aromatic N) is 2. The summed E-state index contributed by atoms with van der Waals surface area (Å²) in [5.74, 6) is 0.830. The van der Waals surface area contributed by atoms with E-state index in [1.54, 1.807) is 0 Å². The van der Waals surface area contributed by atoms with E-state index in [0.29, 0.717) is 6.61 Å². The summed E-state index contributed by atoms with van der Waals surface area (Å²) in [6, 6.07) is 0. The molecule has 3 heteroatoms. The van der Waals surface area contributed by atoms with E-state index in [4.69, 9.17) is 0 Å². The van der Waals surface area contributed by atoms with Gasteiger partial charge in [-0.05, 0) is 45.8 Å². The maximum Gasteiger partial charge on any atom is 0.0499 e. The molecule has 0 radical (unpaired) electrons. The molecule has 2 fully saturated rings. The smallest absolute Gasteiger partial charge is 0.0499 e. The normalized spacial score (nSPS) is 28.7. The molecule has 1 heterocycles. The highest BCUT2D eigenvalue weighted by molar-refractivity contribution is 4.85. The van der Waals surface area contributed by atoms with Gasteiger partial charge in [0, 0.05) is 31.7 Å². The number of aliphatic hydroxyl groups is 1. The van der Waals surface area contributed by atoms with Gasteiger partial charge in [0.2, 0.25) is 0 Å². The zero-order valence-corrected chi connectivity index (χ0v) is 12.9. The molecule has 1 unspecified atom stereocenters. The van der Waals surface area contributed by atoms with Crippen LogP contribution in [0.4, 0.5) is 0 Å². The molecular formula is C16H32N2O. The molecule has 0 spiro atoms. The van der Waals surface area contributed by atoms with Gasteiger partial charge in [-0.2, -0.15) is 0 Å². The zero-order valence-electron chi connectivity index (χ0n) is 12.9. The summed E-state index contributed by atoms with van der Waals surface area (Å²) in [6.45, 7) is 5.16. The summed E-state index contributed by atoms with van der Waals surface area (Å²) in [6.07, 6.45) is 9.11. The van der Waals surface area contributed by atoms with Crippen molar-refractivity contribution in [2.45, 2.75) is 44.9 Å². The van der Waals surface area contributed by atoms with Crippen molar-refractivity contribution in [1.29, 1.82) is 0 Å². The zero-order chi connectivity index (χ0) is 13.7. The molecule has 1 aliphatic carbocycles. The molecule has 0 bridgehead atoms. The summed E-state index contributed by atoms with van der Waals surface area (Å²) < 4.78 is 0. The van der Waals surface area contributed by atoms with Gasteiger partial charge in [-0.15, -0.1) is 0 Å². The first-order valence-corrected chi connectivity index (χ1v) is 8.11. The van der Waals surface area contributed by atoms with Crippen LogP contribution in [0.3, 0.4) is 0 Å². The van der Waals surface area contributed by atoms with E-state index >= 15 is 0 Å². The maximum atomic E-state index is 9.88. The highest BCUT2D eigenvalue weighted by Gasteiger charge is 2.32. The third-order valence-corrected chi connectivity index (χ3v) is 5.16. The van der Waals surface area contributed by atoms with Gasteiger partial charge >= 0.3 is 0 Å². The van der Waals surface area contributed by atoms with Crippen molar-refractivity contribution < 1.29 is 5.11 Å². The predicted molar refractivity (Wildman–Crippen MR) is 80.3 cm³/mol. The van der Waals surface area contributed by atoms with E-state index in [0.717, 1.165) is 12.5 Å². The van der Waals surface area contributed by atoms with E-state index < -0.39 is 0 Å². The summed E-state index contributed by atoms with van der Waals surface area (Å²) >= 11 is 0. The highest BCUT2D eigenvalue weighted by Crippen LogP contribution is 2.35. The lowest BCUT2D eigenvalue weighted by Crippen LogP contribution is -2.40. The second-order valence-corrected chi connectivity index (χ2v) is 7.19. The van der Waals surface area contributed by atoms with E-state index in [-0.39, 0.29) is 5.41 Å². The standard InChI is InChI=1S/C16H32N2O/c1-17-10-7-15(11-17)12-18(2)13-16(14-19)8-5-3-4-6-9-16/h15,19H,3-14H2,1-2H3. The molecule has 1 saturated carbocycles. The average molecular weight is 268 g/mol. The Morgan fingerprint density at radius 1 is 1.21 bits per heavy atom. The average Bonchev–Trinajstić information content (AvgIpc) is 2.65. The van der Waals surface area contributed by atoms with Crippen molar-refractivity contribution >= 4 is 0 Å². The molecule has 0 amide bonds. The first kappa shape index (κ1) is 15.3. The molecule has 112 valence electrons. The van der Waals surface area contributed by atoms with Gasteiger partial charge in [0.1, 0.15) is 0 Å². The van der Waals surface area contributed by atoms with Crippen LogP contribution in [0, 0.1) is 11.3 Å². The van der Waals surface area contributed by atoms with Crippen LogP contribution in [0.2, 0.25) is 0 Å². The SMILES string of the molecule is CN1CCC(CN(C)CC2(CO)CCCCCC2)C1. The van der Waals surface area contributed by atoms with Crippen LogP contribution < -0.4 is 0 Å². The summed E-state index contributed by atoms with van der Waals surface area (Å²) in [5.41, 5.74) is 0.190. The van der Waals surface area contributed by atoms with Crippen molar-refractivity contribution in [2.75, 3.05) is 46.9 Å². The van der Waals surface area contributed by atoms with Crippen LogP contribution in [0.25, 0.3) is 0 Å². The highest BCUT2D eigenvalue weighted by atomic mass is 16.3. The third kappa shape index (κ3) is 4.44. The third-order valence-electron chi connectivity index (χ3n) is 5.16. The molecule has 19 heavy (non-hydrogen) atoms. The Hall–Kier alpha value is -0.120. The Morgan fingerprint density at radius 3 is 2.42 bits per heavy atom. The molecule has 0 aromatic rings. The fourth-order valence-electron chi connectivity index (χ4n) is 4.10. The van der Waals surface area contributed by atoms with Gasteiger partial charge in [0.05, 0.1) is 0 Å². The molecular weight excluding hydrogens is 236 g/mol. The Bertz CT molecular complexity index is 261. The molecule has 0 aromatic carbocycles. The van der Waals surface area contributed by atoms with Gasteiger partial charge in [0.25, 0.3) is 0 Å². The number of likely N-dealkylation sites (tertiary alicyclic amines) is 1. The molecule has 1 N–H and O–H groups in total. The van der Waals surface area contributed by atoms with Crippen molar-refractivity contribution in [3.8, 4) is 0 Å². The van der Waals surface area contributed by atoms with Crippen LogP contribution in [0.15, 0.2) is 0 Å². The minimum absolute atomic E-state index is 0.190. The monoisotopic (exact) mass is 268 g/mol. The summed E-state index contributed by atoms with van der Waals surface area (Å²) in [5, 5.41) is 9.88. The van der Waals surface area contributed by atoms with Crippen LogP contribution >= 0.6 is 0 Å². The molecule has 2 aliphatic rings. The Kier molecular flexibility index (Phi) is 5.67. The molecule has 3 nitrogen and oxygen atoms in total. The minimum atomic E-state index is 0.190. The Morgan fingerprint density at radius 2 is 1.89 bits per heavy atom. The van der Waals surface area contributed by atoms with Crippen LogP contribution in [-0.2, 0) is 0 Å². The quantitative estimate of drug-likeness (QED) is 0.774. The topological polar surface area (TPSA) is 26.7 Å². The summed E-state index contributed by atoms with van der Waals surface area (Å²) in [7, 11) is 4.47. The van der Waals surface area contributed by atoms with Crippen molar-refractivity contribution in [3.63, 3.8) is 0 Å². The lowest BCUT2D eigenvalue weighted by atomic mass is 9.80. The number of aliphatic hydroxyl groups excluding tert-OH is 1. The number of hydrogen-bond acceptors (Lipinski definition) is 3. The lowest BCUT2D eigenvalue weighted by molar-refractivity contribution is 0.0639. The maximum absolute atomic E-state index is 9.88. The van der Waals surface area contributed by atoms with E-state index in [1.165, 1.54) is 64.6 Å². The van der Waals surface area contributed by atoms with Crippen LogP contribution in [-0.4, -0.2) is 61.8 Å². The van der Waals surface area contributed by atoms with Crippen molar-refractivity contribution in [1.82, 2.24) is 9.80 Å². The lowest BCUT2D eigenvalue weighted by Gasteiger charge is -2.36. The first-order chi connectivity index (χ1) is 9.13. The van der Waals surface area contributed by atoms with Gasteiger partial charge in [-0.3, -0.25) is 0 Å². The van der Waals surface area contributed by atoms with E-state index in [9.17, 15) is 5.11 Å². The minimum Gasteiger partial charge on any atom is -0.396 e. The second kappa shape index (κ2) is 7.05. The molecule has 1 saturated heterocycles.